The summed E-state index contributed by atoms with van der Waals surface area (Å²) in [4.78, 5) is 8.54. The normalized spacial score (nSPS) is 11.1. The molecule has 2 aromatic heterocycles. The van der Waals surface area contributed by atoms with E-state index in [4.69, 9.17) is 4.42 Å². The Morgan fingerprint density at radius 3 is 2.73 bits per heavy atom. The van der Waals surface area contributed by atoms with E-state index in [0.717, 1.165) is 11.4 Å². The summed E-state index contributed by atoms with van der Waals surface area (Å²) < 4.78 is 18.2. The Morgan fingerprint density at radius 2 is 2.04 bits per heavy atom. The van der Waals surface area contributed by atoms with Crippen LogP contribution in [0.3, 0.4) is 0 Å². The third kappa shape index (κ3) is 5.55. The average molecular weight is 470 g/mol. The quantitative estimate of drug-likeness (QED) is 0.293. The smallest absolute Gasteiger partial charge is 0.216 e. The van der Waals surface area contributed by atoms with Crippen molar-refractivity contribution in [2.45, 2.75) is 13.0 Å². The number of furan rings is 1. The van der Waals surface area contributed by atoms with Gasteiger partial charge in [0.05, 0.1) is 6.26 Å². The molecule has 0 radical (unpaired) electrons. The Morgan fingerprint density at radius 1 is 1.23 bits per heavy atom. The van der Waals surface area contributed by atoms with Crippen molar-refractivity contribution in [1.82, 2.24) is 25.8 Å². The number of nitrogens with one attached hydrogen (secondary N) is 3. The fraction of sp³-hybridized carbons (Fsp3) is 0.235. The molecule has 0 unspecified atom stereocenters. The molecule has 0 amide bonds. The second kappa shape index (κ2) is 9.90. The van der Waals surface area contributed by atoms with E-state index in [2.05, 4.69) is 30.8 Å². The first-order chi connectivity index (χ1) is 12.2. The first kappa shape index (κ1) is 19.9. The Balaban J connectivity index is 0.00000243. The summed E-state index contributed by atoms with van der Waals surface area (Å²) in [5.41, 5.74) is 0.975. The Kier molecular flexibility index (Phi) is 7.57. The fourth-order valence-electron chi connectivity index (χ4n) is 2.23. The van der Waals surface area contributed by atoms with E-state index >= 15 is 0 Å². The van der Waals surface area contributed by atoms with Crippen molar-refractivity contribution in [2.75, 3.05) is 13.6 Å². The lowest BCUT2D eigenvalue weighted by atomic mass is 10.2. The van der Waals surface area contributed by atoms with Crippen LogP contribution < -0.4 is 10.6 Å². The molecule has 3 aromatic rings. The zero-order chi connectivity index (χ0) is 17.5. The molecule has 0 saturated carbocycles. The number of rotatable bonds is 6. The van der Waals surface area contributed by atoms with Crippen LogP contribution in [0, 0.1) is 5.82 Å². The van der Waals surface area contributed by atoms with Gasteiger partial charge < -0.3 is 15.1 Å². The number of halogens is 2. The van der Waals surface area contributed by atoms with E-state index in [1.807, 2.05) is 6.07 Å². The minimum Gasteiger partial charge on any atom is -0.461 e. The van der Waals surface area contributed by atoms with E-state index in [1.165, 1.54) is 12.1 Å². The average Bonchev–Trinajstić information content (AvgIpc) is 3.30. The van der Waals surface area contributed by atoms with Crippen LogP contribution in [0.5, 0.6) is 0 Å². The Bertz CT molecular complexity index is 816. The SMILES string of the molecule is CN=C(NCCc1nc(-c2ccco2)n[nH]1)NCc1ccc(F)cc1.I. The summed E-state index contributed by atoms with van der Waals surface area (Å²) in [7, 11) is 1.70. The van der Waals surface area contributed by atoms with Crippen LogP contribution in [0.15, 0.2) is 52.1 Å². The van der Waals surface area contributed by atoms with Crippen LogP contribution in [0.25, 0.3) is 11.6 Å². The van der Waals surface area contributed by atoms with Crippen molar-refractivity contribution < 1.29 is 8.81 Å². The number of aromatic amines is 1. The van der Waals surface area contributed by atoms with Crippen molar-refractivity contribution >= 4 is 29.9 Å². The molecular formula is C17H20FIN6O. The molecule has 0 fully saturated rings. The number of nitrogens with zero attached hydrogens (tertiary/aromatic N) is 3. The summed E-state index contributed by atoms with van der Waals surface area (Å²) >= 11 is 0. The number of guanidine groups is 1. The monoisotopic (exact) mass is 470 g/mol. The summed E-state index contributed by atoms with van der Waals surface area (Å²) in [5, 5.41) is 13.4. The molecule has 3 N–H and O–H groups in total. The summed E-state index contributed by atoms with van der Waals surface area (Å²) in [6.07, 6.45) is 2.24. The molecule has 7 nitrogen and oxygen atoms in total. The highest BCUT2D eigenvalue weighted by atomic mass is 127. The molecule has 0 aliphatic heterocycles. The van der Waals surface area contributed by atoms with E-state index in [1.54, 1.807) is 31.5 Å². The number of aromatic nitrogens is 3. The molecule has 0 aliphatic rings. The van der Waals surface area contributed by atoms with Crippen LogP contribution >= 0.6 is 24.0 Å². The van der Waals surface area contributed by atoms with Gasteiger partial charge in [-0.05, 0) is 29.8 Å². The van der Waals surface area contributed by atoms with Crippen LogP contribution in [0.2, 0.25) is 0 Å². The van der Waals surface area contributed by atoms with Crippen LogP contribution in [-0.4, -0.2) is 34.7 Å². The predicted octanol–water partition coefficient (Wildman–Crippen LogP) is 2.73. The van der Waals surface area contributed by atoms with Crippen molar-refractivity contribution in [3.63, 3.8) is 0 Å². The van der Waals surface area contributed by atoms with Gasteiger partial charge in [-0.2, -0.15) is 5.10 Å². The molecule has 0 aliphatic carbocycles. The standard InChI is InChI=1S/C17H19FN6O.HI/c1-19-17(21-11-12-4-6-13(18)7-5-12)20-9-8-15-22-16(24-23-15)14-3-2-10-25-14;/h2-7,10H,8-9,11H2,1H3,(H2,19,20,21)(H,22,23,24);1H. The molecule has 0 spiro atoms. The molecule has 138 valence electrons. The third-order valence-electron chi connectivity index (χ3n) is 3.52. The molecular weight excluding hydrogens is 450 g/mol. The summed E-state index contributed by atoms with van der Waals surface area (Å²) in [6, 6.07) is 9.96. The number of aliphatic imine (C=N–C) groups is 1. The summed E-state index contributed by atoms with van der Waals surface area (Å²) in [5.74, 6) is 2.35. The van der Waals surface area contributed by atoms with Gasteiger partial charge in [0, 0.05) is 26.6 Å². The first-order valence-electron chi connectivity index (χ1n) is 7.88. The van der Waals surface area contributed by atoms with Gasteiger partial charge >= 0.3 is 0 Å². The van der Waals surface area contributed by atoms with E-state index in [0.29, 0.717) is 37.1 Å². The van der Waals surface area contributed by atoms with Crippen LogP contribution in [-0.2, 0) is 13.0 Å². The van der Waals surface area contributed by atoms with E-state index < -0.39 is 0 Å². The number of benzene rings is 1. The number of H-pyrrole nitrogens is 1. The second-order valence-electron chi connectivity index (χ2n) is 5.31. The Labute approximate surface area is 167 Å². The zero-order valence-electron chi connectivity index (χ0n) is 14.2. The van der Waals surface area contributed by atoms with Crippen molar-refractivity contribution in [3.05, 3.63) is 59.9 Å². The van der Waals surface area contributed by atoms with E-state index in [-0.39, 0.29) is 29.8 Å². The highest BCUT2D eigenvalue weighted by molar-refractivity contribution is 14.0. The highest BCUT2D eigenvalue weighted by Crippen LogP contribution is 2.14. The van der Waals surface area contributed by atoms with Gasteiger partial charge in [-0.15, -0.1) is 24.0 Å². The molecule has 2 heterocycles. The maximum absolute atomic E-state index is 12.9. The molecule has 0 atom stereocenters. The lowest BCUT2D eigenvalue weighted by Gasteiger charge is -2.11. The fourth-order valence-corrected chi connectivity index (χ4v) is 2.23. The third-order valence-corrected chi connectivity index (χ3v) is 3.52. The first-order valence-corrected chi connectivity index (χ1v) is 7.88. The number of hydrogen-bond acceptors (Lipinski definition) is 4. The van der Waals surface area contributed by atoms with Crippen LogP contribution in [0.1, 0.15) is 11.4 Å². The Hall–Kier alpha value is -2.43. The maximum atomic E-state index is 12.9. The molecule has 26 heavy (non-hydrogen) atoms. The maximum Gasteiger partial charge on any atom is 0.216 e. The largest absolute Gasteiger partial charge is 0.461 e. The molecule has 3 rings (SSSR count). The lowest BCUT2D eigenvalue weighted by molar-refractivity contribution is 0.577. The van der Waals surface area contributed by atoms with Gasteiger partial charge in [0.1, 0.15) is 11.6 Å². The van der Waals surface area contributed by atoms with Gasteiger partial charge in [0.15, 0.2) is 11.7 Å². The topological polar surface area (TPSA) is 91.1 Å². The molecule has 1 aromatic carbocycles. The van der Waals surface area contributed by atoms with Gasteiger partial charge in [-0.1, -0.05) is 12.1 Å². The lowest BCUT2D eigenvalue weighted by Crippen LogP contribution is -2.37. The molecule has 9 heteroatoms. The molecule has 0 saturated heterocycles. The van der Waals surface area contributed by atoms with Gasteiger partial charge in [-0.25, -0.2) is 9.37 Å². The van der Waals surface area contributed by atoms with E-state index in [9.17, 15) is 4.39 Å². The van der Waals surface area contributed by atoms with Crippen molar-refractivity contribution in [3.8, 4) is 11.6 Å². The predicted molar refractivity (Wildman–Crippen MR) is 108 cm³/mol. The highest BCUT2D eigenvalue weighted by Gasteiger charge is 2.08. The minimum atomic E-state index is -0.243. The molecule has 0 bridgehead atoms. The minimum absolute atomic E-state index is 0. The summed E-state index contributed by atoms with van der Waals surface area (Å²) in [6.45, 7) is 1.20. The number of hydrogen-bond donors (Lipinski definition) is 3. The van der Waals surface area contributed by atoms with Crippen molar-refractivity contribution in [1.29, 1.82) is 0 Å². The van der Waals surface area contributed by atoms with Crippen molar-refractivity contribution in [2.24, 2.45) is 4.99 Å². The van der Waals surface area contributed by atoms with Crippen LogP contribution in [0.4, 0.5) is 4.39 Å². The van der Waals surface area contributed by atoms with Gasteiger partial charge in [0.25, 0.3) is 0 Å². The second-order valence-corrected chi connectivity index (χ2v) is 5.31. The zero-order valence-corrected chi connectivity index (χ0v) is 16.5. The van der Waals surface area contributed by atoms with Gasteiger partial charge in [0.2, 0.25) is 5.82 Å². The van der Waals surface area contributed by atoms with Gasteiger partial charge in [-0.3, -0.25) is 10.1 Å².